The van der Waals surface area contributed by atoms with E-state index >= 15 is 0 Å². The Hall–Kier alpha value is -3.34. The smallest absolute Gasteiger partial charge is 0.299 e. The molecule has 3 aromatic carbocycles. The number of carbonyl (C=O) groups is 3. The number of nitrogens with zero attached hydrogens (tertiary/aromatic N) is 1. The van der Waals surface area contributed by atoms with Crippen LogP contribution in [0.15, 0.2) is 101 Å². The monoisotopic (exact) mass is 650 g/mol. The summed E-state index contributed by atoms with van der Waals surface area (Å²) in [5.41, 5.74) is 7.65. The third-order valence-electron chi connectivity index (χ3n) is 7.83. The summed E-state index contributed by atoms with van der Waals surface area (Å²) in [6.07, 6.45) is 2.53. The highest BCUT2D eigenvalue weighted by Crippen LogP contribution is 2.66. The summed E-state index contributed by atoms with van der Waals surface area (Å²) in [6, 6.07) is 28.0. The minimum Gasteiger partial charge on any atom is -0.376 e. The maximum Gasteiger partial charge on any atom is 0.299 e. The van der Waals surface area contributed by atoms with Crippen molar-refractivity contribution in [3.8, 4) is 0 Å². The van der Waals surface area contributed by atoms with E-state index in [1.165, 1.54) is 11.1 Å². The summed E-state index contributed by atoms with van der Waals surface area (Å²) < 4.78 is 12.9. The first-order chi connectivity index (χ1) is 19.4. The summed E-state index contributed by atoms with van der Waals surface area (Å²) in [5, 5.41) is 0. The predicted octanol–water partition coefficient (Wildman–Crippen LogP) is 5.04. The number of rotatable bonds is 12. The summed E-state index contributed by atoms with van der Waals surface area (Å²) in [5.74, 6) is -1.94. The van der Waals surface area contributed by atoms with E-state index in [9.17, 15) is 14.4 Å². The Labute approximate surface area is 247 Å². The van der Waals surface area contributed by atoms with Crippen molar-refractivity contribution in [3.05, 3.63) is 117 Å². The van der Waals surface area contributed by atoms with Gasteiger partial charge in [-0.1, -0.05) is 91.0 Å². The van der Waals surface area contributed by atoms with Gasteiger partial charge in [-0.3, -0.25) is 14.4 Å². The van der Waals surface area contributed by atoms with Crippen LogP contribution in [0.5, 0.6) is 0 Å². The molecule has 2 N–H and O–H groups in total. The molecule has 3 aromatic rings. The Morgan fingerprint density at radius 2 is 1.48 bits per heavy atom. The number of nitrogens with two attached hydrogens (primary N) is 1. The Morgan fingerprint density at radius 3 is 2.08 bits per heavy atom. The fraction of sp³-hybridized carbons (Fsp3) is 0.281. The van der Waals surface area contributed by atoms with Crippen LogP contribution in [0.3, 0.4) is 0 Å². The zero-order valence-electron chi connectivity index (χ0n) is 21.9. The molecular formula is C32H31IN2O5. The standard InChI is InChI=1S/C32H31IN2O5/c33-26(30(34)37)18-35(31(38)29(36)24-14-8-3-9-15-24)27-16-28(40-20-23-12-6-2-7-13-23)32(17-25(27)32)21-39-19-22-10-4-1-5-11-22/h1-15,18,25,27-28H,16-17,19-21H2,(H2,34,37)/t25-,27+,28+,32-/m1/s1. The second-order valence-electron chi connectivity index (χ2n) is 10.4. The van der Waals surface area contributed by atoms with Crippen LogP contribution in [-0.4, -0.2) is 41.3 Å². The topological polar surface area (TPSA) is 98.9 Å². The van der Waals surface area contributed by atoms with Gasteiger partial charge in [0.25, 0.3) is 17.6 Å². The van der Waals surface area contributed by atoms with Crippen LogP contribution in [0.2, 0.25) is 0 Å². The van der Waals surface area contributed by atoms with E-state index in [1.54, 1.807) is 30.3 Å². The molecule has 0 aliphatic heterocycles. The number of amides is 2. The van der Waals surface area contributed by atoms with Gasteiger partial charge in [-0.15, -0.1) is 0 Å². The van der Waals surface area contributed by atoms with Gasteiger partial charge in [0.15, 0.2) is 0 Å². The maximum atomic E-state index is 13.6. The molecule has 206 valence electrons. The van der Waals surface area contributed by atoms with Gasteiger partial charge < -0.3 is 20.1 Å². The van der Waals surface area contributed by atoms with E-state index in [4.69, 9.17) is 15.2 Å². The van der Waals surface area contributed by atoms with Crippen molar-refractivity contribution >= 4 is 40.2 Å². The van der Waals surface area contributed by atoms with Gasteiger partial charge >= 0.3 is 0 Å². The summed E-state index contributed by atoms with van der Waals surface area (Å²) in [6.45, 7) is 1.37. The van der Waals surface area contributed by atoms with Crippen LogP contribution in [0.1, 0.15) is 34.3 Å². The minimum atomic E-state index is -0.693. The molecule has 2 fully saturated rings. The summed E-state index contributed by atoms with van der Waals surface area (Å²) in [4.78, 5) is 40.2. The molecule has 0 radical (unpaired) electrons. The number of Topliss-reactive ketones (excluding diaryl/α,β-unsaturated/α-hetero) is 1. The molecule has 8 heteroatoms. The average Bonchev–Trinajstić information content (AvgIpc) is 3.64. The van der Waals surface area contributed by atoms with Crippen molar-refractivity contribution < 1.29 is 23.9 Å². The zero-order valence-corrected chi connectivity index (χ0v) is 24.1. The number of fused-ring (bicyclic) bond motifs is 1. The van der Waals surface area contributed by atoms with Gasteiger partial charge in [-0.05, 0) is 52.5 Å². The molecule has 0 heterocycles. The van der Waals surface area contributed by atoms with Crippen LogP contribution in [0, 0.1) is 11.3 Å². The van der Waals surface area contributed by atoms with Gasteiger partial charge in [-0.2, -0.15) is 0 Å². The van der Waals surface area contributed by atoms with Gasteiger partial charge in [0, 0.05) is 23.2 Å². The van der Waals surface area contributed by atoms with E-state index in [0.717, 1.165) is 17.5 Å². The van der Waals surface area contributed by atoms with Gasteiger partial charge in [-0.25, -0.2) is 0 Å². The lowest BCUT2D eigenvalue weighted by atomic mass is 10.0. The molecule has 40 heavy (non-hydrogen) atoms. The number of carbonyl (C=O) groups excluding carboxylic acids is 3. The van der Waals surface area contributed by atoms with E-state index in [2.05, 4.69) is 0 Å². The second-order valence-corrected chi connectivity index (χ2v) is 11.5. The minimum absolute atomic E-state index is 0.0462. The van der Waals surface area contributed by atoms with E-state index in [-0.39, 0.29) is 27.1 Å². The van der Waals surface area contributed by atoms with Crippen molar-refractivity contribution in [2.24, 2.45) is 17.1 Å². The largest absolute Gasteiger partial charge is 0.376 e. The molecule has 0 bridgehead atoms. The van der Waals surface area contributed by atoms with Crippen LogP contribution in [-0.2, 0) is 32.3 Å². The quantitative estimate of drug-likeness (QED) is 0.128. The van der Waals surface area contributed by atoms with Gasteiger partial charge in [0.2, 0.25) is 0 Å². The van der Waals surface area contributed by atoms with Crippen molar-refractivity contribution in [3.63, 3.8) is 0 Å². The van der Waals surface area contributed by atoms with Crippen LogP contribution in [0.4, 0.5) is 0 Å². The second kappa shape index (κ2) is 12.4. The van der Waals surface area contributed by atoms with Crippen LogP contribution < -0.4 is 5.73 Å². The molecular weight excluding hydrogens is 619 g/mol. The fourth-order valence-electron chi connectivity index (χ4n) is 5.68. The number of ether oxygens (including phenoxy) is 2. The first-order valence-corrected chi connectivity index (χ1v) is 14.3. The lowest BCUT2D eigenvalue weighted by Gasteiger charge is -2.28. The number of primary amides is 1. The van der Waals surface area contributed by atoms with Crippen LogP contribution >= 0.6 is 22.6 Å². The number of hydrogen-bond donors (Lipinski definition) is 1. The Balaban J connectivity index is 1.40. The zero-order chi connectivity index (χ0) is 28.1. The first-order valence-electron chi connectivity index (χ1n) is 13.3. The number of halogens is 1. The van der Waals surface area contributed by atoms with Crippen molar-refractivity contribution in [1.82, 2.24) is 4.90 Å². The molecule has 4 atom stereocenters. The molecule has 2 aliphatic carbocycles. The lowest BCUT2D eigenvalue weighted by molar-refractivity contribution is -0.126. The first kappa shape index (κ1) is 28.2. The molecule has 0 unspecified atom stereocenters. The van der Waals surface area contributed by atoms with Crippen molar-refractivity contribution in [1.29, 1.82) is 0 Å². The Morgan fingerprint density at radius 1 is 0.900 bits per heavy atom. The third-order valence-corrected chi connectivity index (χ3v) is 8.64. The molecule has 2 amide bonds. The van der Waals surface area contributed by atoms with E-state index < -0.39 is 17.6 Å². The molecule has 0 aromatic heterocycles. The third kappa shape index (κ3) is 6.19. The molecule has 2 aliphatic rings. The van der Waals surface area contributed by atoms with Gasteiger partial charge in [0.1, 0.15) is 0 Å². The average molecular weight is 651 g/mol. The van der Waals surface area contributed by atoms with Crippen molar-refractivity contribution in [2.75, 3.05) is 6.61 Å². The summed E-state index contributed by atoms with van der Waals surface area (Å²) >= 11 is 1.81. The van der Waals surface area contributed by atoms with E-state index in [0.29, 0.717) is 31.8 Å². The number of benzene rings is 3. The van der Waals surface area contributed by atoms with Crippen molar-refractivity contribution in [2.45, 2.75) is 38.2 Å². The maximum absolute atomic E-state index is 13.6. The SMILES string of the molecule is NC(=O)C(I)=CN(C(=O)C(=O)c1ccccc1)[C@H]1C[C@H](OCc2ccccc2)[C@@]2(COCc3ccccc3)C[C@H]12. The molecule has 0 spiro atoms. The number of hydrogen-bond acceptors (Lipinski definition) is 5. The Kier molecular flexibility index (Phi) is 8.78. The Bertz CT molecular complexity index is 1380. The highest BCUT2D eigenvalue weighted by molar-refractivity contribution is 14.1. The molecule has 5 rings (SSSR count). The highest BCUT2D eigenvalue weighted by atomic mass is 127. The molecule has 0 saturated heterocycles. The fourth-order valence-corrected chi connectivity index (χ4v) is 5.98. The number of ketones is 1. The normalized spacial score (nSPS) is 23.3. The highest BCUT2D eigenvalue weighted by Gasteiger charge is 2.69. The predicted molar refractivity (Wildman–Crippen MR) is 159 cm³/mol. The molecule has 7 nitrogen and oxygen atoms in total. The lowest BCUT2D eigenvalue weighted by Crippen LogP contribution is -2.42. The van der Waals surface area contributed by atoms with Gasteiger partial charge in [0.05, 0.1) is 29.5 Å². The summed E-state index contributed by atoms with van der Waals surface area (Å²) in [7, 11) is 0. The van der Waals surface area contributed by atoms with E-state index in [1.807, 2.05) is 83.3 Å². The molecule has 2 saturated carbocycles. The van der Waals surface area contributed by atoms with Crippen LogP contribution in [0.25, 0.3) is 0 Å².